The van der Waals surface area contributed by atoms with E-state index in [0.29, 0.717) is 6.54 Å². The molecular weight excluding hydrogens is 396 g/mol. The fraction of sp³-hybridized carbons (Fsp3) is 0.429. The third-order valence-electron chi connectivity index (χ3n) is 6.04. The van der Waals surface area contributed by atoms with Crippen molar-refractivity contribution in [3.05, 3.63) is 59.7 Å². The van der Waals surface area contributed by atoms with Crippen molar-refractivity contribution < 1.29 is 9.53 Å². The number of pyridine rings is 1. The topological polar surface area (TPSA) is 51.2 Å². The molecule has 0 unspecified atom stereocenters. The van der Waals surface area contributed by atoms with Gasteiger partial charge in [-0.15, -0.1) is 0 Å². The summed E-state index contributed by atoms with van der Waals surface area (Å²) in [5.41, 5.74) is 4.28. The van der Waals surface area contributed by atoms with Gasteiger partial charge in [-0.2, -0.15) is 0 Å². The highest BCUT2D eigenvalue weighted by atomic mass is 16.5. The number of carbonyl (C=O) groups is 1. The minimum absolute atomic E-state index is 0.0150. The van der Waals surface area contributed by atoms with Crippen molar-refractivity contribution in [2.75, 3.05) is 13.7 Å². The summed E-state index contributed by atoms with van der Waals surface area (Å²) in [5, 5.41) is 4.05. The molecule has 0 saturated carbocycles. The van der Waals surface area contributed by atoms with Crippen LogP contribution in [0.5, 0.6) is 5.75 Å². The van der Waals surface area contributed by atoms with Crippen LogP contribution in [-0.4, -0.2) is 24.5 Å². The number of unbranched alkanes of at least 4 members (excludes halogenated alkanes) is 7. The molecule has 0 spiro atoms. The number of ether oxygens (including phenoxy) is 1. The van der Waals surface area contributed by atoms with Gasteiger partial charge in [-0.1, -0.05) is 70.1 Å². The monoisotopic (exact) mass is 432 g/mol. The van der Waals surface area contributed by atoms with Gasteiger partial charge in [0, 0.05) is 17.5 Å². The second kappa shape index (κ2) is 12.2. The van der Waals surface area contributed by atoms with Crippen LogP contribution in [0.4, 0.5) is 0 Å². The highest BCUT2D eigenvalue weighted by Gasteiger charge is 2.18. The summed E-state index contributed by atoms with van der Waals surface area (Å²) in [6.45, 7) is 4.95. The second-order valence-electron chi connectivity index (χ2n) is 8.44. The van der Waals surface area contributed by atoms with Crippen LogP contribution in [0.15, 0.2) is 48.5 Å². The molecule has 1 aromatic heterocycles. The van der Waals surface area contributed by atoms with Gasteiger partial charge >= 0.3 is 0 Å². The highest BCUT2D eigenvalue weighted by molar-refractivity contribution is 6.08. The summed E-state index contributed by atoms with van der Waals surface area (Å²) in [7, 11) is 1.66. The number of hydrogen-bond donors (Lipinski definition) is 1. The van der Waals surface area contributed by atoms with Crippen molar-refractivity contribution in [1.82, 2.24) is 10.3 Å². The summed E-state index contributed by atoms with van der Waals surface area (Å²) in [6, 6.07) is 15.7. The molecule has 0 radical (unpaired) electrons. The van der Waals surface area contributed by atoms with Crippen LogP contribution in [0.3, 0.4) is 0 Å². The lowest BCUT2D eigenvalue weighted by Crippen LogP contribution is -2.26. The fourth-order valence-electron chi connectivity index (χ4n) is 4.18. The summed E-state index contributed by atoms with van der Waals surface area (Å²) < 4.78 is 5.28. The van der Waals surface area contributed by atoms with Crippen molar-refractivity contribution in [3.63, 3.8) is 0 Å². The van der Waals surface area contributed by atoms with Crippen LogP contribution in [0.1, 0.15) is 74.2 Å². The average Bonchev–Trinajstić information content (AvgIpc) is 2.82. The Kier molecular flexibility index (Phi) is 9.09. The van der Waals surface area contributed by atoms with Gasteiger partial charge < -0.3 is 10.1 Å². The molecule has 0 atom stereocenters. The summed E-state index contributed by atoms with van der Waals surface area (Å²) in [6.07, 6.45) is 10.0. The van der Waals surface area contributed by atoms with Crippen LogP contribution >= 0.6 is 0 Å². The van der Waals surface area contributed by atoms with E-state index in [1.54, 1.807) is 7.11 Å². The Morgan fingerprint density at radius 3 is 2.25 bits per heavy atom. The summed E-state index contributed by atoms with van der Waals surface area (Å²) in [4.78, 5) is 18.1. The largest absolute Gasteiger partial charge is 0.497 e. The number of nitrogens with one attached hydrogen (secondary N) is 1. The molecule has 1 heterocycles. The number of fused-ring (bicyclic) bond motifs is 1. The molecule has 0 aliphatic heterocycles. The van der Waals surface area contributed by atoms with Crippen LogP contribution in [-0.2, 0) is 0 Å². The lowest BCUT2D eigenvalue weighted by Gasteiger charge is -2.15. The van der Waals surface area contributed by atoms with Crippen molar-refractivity contribution in [2.45, 2.75) is 65.2 Å². The number of hydrogen-bond acceptors (Lipinski definition) is 3. The zero-order valence-electron chi connectivity index (χ0n) is 19.7. The number of carbonyl (C=O) groups excluding carboxylic acids is 1. The quantitative estimate of drug-likeness (QED) is 0.311. The first-order valence-corrected chi connectivity index (χ1v) is 12.0. The molecule has 0 bridgehead atoms. The van der Waals surface area contributed by atoms with Crippen LogP contribution in [0, 0.1) is 6.92 Å². The Hall–Kier alpha value is -2.88. The third kappa shape index (κ3) is 6.09. The maximum atomic E-state index is 13.2. The van der Waals surface area contributed by atoms with Gasteiger partial charge in [-0.25, -0.2) is 4.98 Å². The number of benzene rings is 2. The Labute approximate surface area is 192 Å². The number of methoxy groups -OCH3 is 1. The van der Waals surface area contributed by atoms with Crippen LogP contribution in [0.25, 0.3) is 22.2 Å². The molecule has 4 heteroatoms. The lowest BCUT2D eigenvalue weighted by atomic mass is 9.97. The van der Waals surface area contributed by atoms with E-state index in [4.69, 9.17) is 9.72 Å². The molecule has 1 N–H and O–H groups in total. The van der Waals surface area contributed by atoms with Gasteiger partial charge in [-0.3, -0.25) is 4.79 Å². The van der Waals surface area contributed by atoms with E-state index in [9.17, 15) is 4.79 Å². The summed E-state index contributed by atoms with van der Waals surface area (Å²) in [5.74, 6) is 0.786. The van der Waals surface area contributed by atoms with E-state index in [2.05, 4.69) is 12.2 Å². The molecule has 0 saturated heterocycles. The Morgan fingerprint density at radius 1 is 0.906 bits per heavy atom. The van der Waals surface area contributed by atoms with Crippen LogP contribution < -0.4 is 10.1 Å². The molecule has 3 rings (SSSR count). The number of amides is 1. The van der Waals surface area contributed by atoms with E-state index in [-0.39, 0.29) is 5.91 Å². The van der Waals surface area contributed by atoms with Gasteiger partial charge in [0.15, 0.2) is 0 Å². The zero-order chi connectivity index (χ0) is 22.8. The second-order valence-corrected chi connectivity index (χ2v) is 8.44. The van der Waals surface area contributed by atoms with Crippen molar-refractivity contribution in [1.29, 1.82) is 0 Å². The van der Waals surface area contributed by atoms with Crippen LogP contribution in [0.2, 0.25) is 0 Å². The first-order chi connectivity index (χ1) is 15.7. The van der Waals surface area contributed by atoms with Crippen molar-refractivity contribution in [3.8, 4) is 17.0 Å². The van der Waals surface area contributed by atoms with Gasteiger partial charge in [0.1, 0.15) is 5.75 Å². The minimum Gasteiger partial charge on any atom is -0.497 e. The van der Waals surface area contributed by atoms with Gasteiger partial charge in [0.25, 0.3) is 5.91 Å². The van der Waals surface area contributed by atoms with Crippen molar-refractivity contribution in [2.24, 2.45) is 0 Å². The van der Waals surface area contributed by atoms with Gasteiger partial charge in [-0.05, 0) is 49.2 Å². The Balaban J connectivity index is 1.71. The molecule has 2 aromatic carbocycles. The highest BCUT2D eigenvalue weighted by Crippen LogP contribution is 2.30. The number of aromatic nitrogens is 1. The van der Waals surface area contributed by atoms with E-state index in [1.807, 2.05) is 55.5 Å². The molecule has 0 fully saturated rings. The van der Waals surface area contributed by atoms with E-state index < -0.39 is 0 Å². The third-order valence-corrected chi connectivity index (χ3v) is 6.04. The van der Waals surface area contributed by atoms with E-state index >= 15 is 0 Å². The lowest BCUT2D eigenvalue weighted by molar-refractivity contribution is 0.0954. The molecule has 170 valence electrons. The number of rotatable bonds is 12. The standard InChI is InChI=1S/C28H36N2O2/c1-4-5-6-7-8-9-10-13-20-29-28(31)26-21(2)27(22-16-18-23(32-3)19-17-22)30-25-15-12-11-14-24(25)26/h11-12,14-19H,4-10,13,20H2,1-3H3,(H,29,31). The maximum absolute atomic E-state index is 13.2. The van der Waals surface area contributed by atoms with E-state index in [1.165, 1.54) is 44.9 Å². The number of para-hydroxylation sites is 1. The first-order valence-electron chi connectivity index (χ1n) is 12.0. The van der Waals surface area contributed by atoms with E-state index in [0.717, 1.165) is 45.5 Å². The Bertz CT molecular complexity index is 1010. The van der Waals surface area contributed by atoms with Gasteiger partial charge in [0.05, 0.1) is 23.9 Å². The SMILES string of the molecule is CCCCCCCCCCNC(=O)c1c(C)c(-c2ccc(OC)cc2)nc2ccccc12. The smallest absolute Gasteiger partial charge is 0.252 e. The predicted molar refractivity (Wildman–Crippen MR) is 133 cm³/mol. The Morgan fingerprint density at radius 2 is 1.56 bits per heavy atom. The summed E-state index contributed by atoms with van der Waals surface area (Å²) >= 11 is 0. The number of nitrogens with zero attached hydrogens (tertiary/aromatic N) is 1. The fourth-order valence-corrected chi connectivity index (χ4v) is 4.18. The molecule has 0 aliphatic carbocycles. The van der Waals surface area contributed by atoms with Crippen molar-refractivity contribution >= 4 is 16.8 Å². The average molecular weight is 433 g/mol. The molecule has 3 aromatic rings. The predicted octanol–water partition coefficient (Wildman–Crippen LogP) is 7.09. The zero-order valence-corrected chi connectivity index (χ0v) is 19.7. The molecule has 32 heavy (non-hydrogen) atoms. The van der Waals surface area contributed by atoms with Gasteiger partial charge in [0.2, 0.25) is 0 Å². The first kappa shape index (κ1) is 23.8. The minimum atomic E-state index is -0.0150. The molecule has 0 aliphatic rings. The normalized spacial score (nSPS) is 11.0. The molecular formula is C28H36N2O2. The maximum Gasteiger partial charge on any atom is 0.252 e. The molecule has 1 amide bonds. The molecule has 4 nitrogen and oxygen atoms in total.